The summed E-state index contributed by atoms with van der Waals surface area (Å²) in [4.78, 5) is 0. The summed E-state index contributed by atoms with van der Waals surface area (Å²) in [6, 6.07) is 5.77. The van der Waals surface area contributed by atoms with Crippen LogP contribution in [0.5, 0.6) is 0 Å². The molecule has 0 amide bonds. The monoisotopic (exact) mass is 191 g/mol. The number of hydrogen-bond acceptors (Lipinski definition) is 2. The standard InChI is InChI=1S/C11H17N3/c1-3-6-14-10-5-4-9(11(12)13)7-8(10)2/h4-5,7,14H,3,6H2,1-2H3,(H3,12,13). The van der Waals surface area contributed by atoms with E-state index in [1.165, 1.54) is 0 Å². The number of hydrogen-bond donors (Lipinski definition) is 3. The third-order valence-corrected chi connectivity index (χ3v) is 2.10. The van der Waals surface area contributed by atoms with Gasteiger partial charge in [0.25, 0.3) is 0 Å². The van der Waals surface area contributed by atoms with Crippen LogP contribution in [0.2, 0.25) is 0 Å². The molecule has 0 saturated heterocycles. The highest BCUT2D eigenvalue weighted by atomic mass is 14.9. The van der Waals surface area contributed by atoms with E-state index < -0.39 is 0 Å². The van der Waals surface area contributed by atoms with Gasteiger partial charge in [0.1, 0.15) is 5.84 Å². The lowest BCUT2D eigenvalue weighted by molar-refractivity contribution is 0.977. The van der Waals surface area contributed by atoms with E-state index in [-0.39, 0.29) is 5.84 Å². The Morgan fingerprint density at radius 3 is 2.71 bits per heavy atom. The molecule has 0 aliphatic heterocycles. The van der Waals surface area contributed by atoms with Crippen LogP contribution >= 0.6 is 0 Å². The van der Waals surface area contributed by atoms with Gasteiger partial charge in [0.15, 0.2) is 0 Å². The summed E-state index contributed by atoms with van der Waals surface area (Å²) in [5.74, 6) is 0.121. The average Bonchev–Trinajstić information content (AvgIpc) is 2.15. The topological polar surface area (TPSA) is 61.9 Å². The van der Waals surface area contributed by atoms with E-state index in [0.717, 1.165) is 29.8 Å². The maximum absolute atomic E-state index is 7.30. The van der Waals surface area contributed by atoms with Gasteiger partial charge in [-0.25, -0.2) is 0 Å². The molecule has 3 nitrogen and oxygen atoms in total. The lowest BCUT2D eigenvalue weighted by atomic mass is 10.1. The van der Waals surface area contributed by atoms with E-state index in [9.17, 15) is 0 Å². The smallest absolute Gasteiger partial charge is 0.122 e. The largest absolute Gasteiger partial charge is 0.385 e. The molecule has 0 fully saturated rings. The number of aryl methyl sites for hydroxylation is 1. The fourth-order valence-corrected chi connectivity index (χ4v) is 1.29. The first-order valence-corrected chi connectivity index (χ1v) is 4.84. The third kappa shape index (κ3) is 2.49. The van der Waals surface area contributed by atoms with E-state index in [4.69, 9.17) is 11.1 Å². The van der Waals surface area contributed by atoms with Crippen molar-refractivity contribution in [2.45, 2.75) is 20.3 Å². The highest BCUT2D eigenvalue weighted by Crippen LogP contribution is 2.15. The van der Waals surface area contributed by atoms with E-state index in [1.54, 1.807) is 0 Å². The Morgan fingerprint density at radius 2 is 2.21 bits per heavy atom. The van der Waals surface area contributed by atoms with Gasteiger partial charge in [0.05, 0.1) is 0 Å². The van der Waals surface area contributed by atoms with Gasteiger partial charge in [-0.05, 0) is 37.1 Å². The van der Waals surface area contributed by atoms with Gasteiger partial charge >= 0.3 is 0 Å². The molecule has 4 N–H and O–H groups in total. The fraction of sp³-hybridized carbons (Fsp3) is 0.364. The van der Waals surface area contributed by atoms with Crippen LogP contribution in [0, 0.1) is 12.3 Å². The van der Waals surface area contributed by atoms with Crippen LogP contribution in [0.15, 0.2) is 18.2 Å². The molecule has 1 rings (SSSR count). The molecule has 3 heteroatoms. The van der Waals surface area contributed by atoms with Gasteiger partial charge in [-0.15, -0.1) is 0 Å². The number of nitrogens with two attached hydrogens (primary N) is 1. The summed E-state index contributed by atoms with van der Waals surface area (Å²) in [7, 11) is 0. The average molecular weight is 191 g/mol. The molecular formula is C11H17N3. The van der Waals surface area contributed by atoms with Crippen LogP contribution in [-0.2, 0) is 0 Å². The van der Waals surface area contributed by atoms with Gasteiger partial charge in [0, 0.05) is 17.8 Å². The van der Waals surface area contributed by atoms with Crippen molar-refractivity contribution in [3.8, 4) is 0 Å². The Balaban J connectivity index is 2.84. The first kappa shape index (κ1) is 10.6. The summed E-state index contributed by atoms with van der Waals surface area (Å²) >= 11 is 0. The van der Waals surface area contributed by atoms with Crippen molar-refractivity contribution >= 4 is 11.5 Å². The molecule has 0 aliphatic carbocycles. The van der Waals surface area contributed by atoms with Gasteiger partial charge in [-0.1, -0.05) is 6.92 Å². The Morgan fingerprint density at radius 1 is 1.50 bits per heavy atom. The molecule has 1 aromatic carbocycles. The minimum absolute atomic E-state index is 0.121. The van der Waals surface area contributed by atoms with Crippen molar-refractivity contribution in [2.75, 3.05) is 11.9 Å². The molecule has 0 spiro atoms. The molecule has 0 radical (unpaired) electrons. The van der Waals surface area contributed by atoms with E-state index >= 15 is 0 Å². The number of benzene rings is 1. The highest BCUT2D eigenvalue weighted by molar-refractivity contribution is 5.95. The van der Waals surface area contributed by atoms with Gasteiger partial charge in [-0.2, -0.15) is 0 Å². The molecule has 0 heterocycles. The van der Waals surface area contributed by atoms with Crippen LogP contribution < -0.4 is 11.1 Å². The van der Waals surface area contributed by atoms with Crippen molar-refractivity contribution in [1.82, 2.24) is 0 Å². The Hall–Kier alpha value is -1.51. The number of anilines is 1. The number of nitrogens with one attached hydrogen (secondary N) is 2. The maximum atomic E-state index is 7.30. The zero-order valence-corrected chi connectivity index (χ0v) is 8.72. The minimum atomic E-state index is 0.121. The summed E-state index contributed by atoms with van der Waals surface area (Å²) in [6.07, 6.45) is 1.11. The van der Waals surface area contributed by atoms with Crippen molar-refractivity contribution < 1.29 is 0 Å². The molecule has 14 heavy (non-hydrogen) atoms. The molecule has 0 bridgehead atoms. The second-order valence-electron chi connectivity index (χ2n) is 3.37. The normalized spacial score (nSPS) is 9.86. The molecule has 0 aliphatic rings. The van der Waals surface area contributed by atoms with Crippen LogP contribution in [0.4, 0.5) is 5.69 Å². The lowest BCUT2D eigenvalue weighted by Crippen LogP contribution is -2.11. The summed E-state index contributed by atoms with van der Waals surface area (Å²) in [5, 5.41) is 10.6. The summed E-state index contributed by atoms with van der Waals surface area (Å²) in [6.45, 7) is 5.12. The first-order valence-electron chi connectivity index (χ1n) is 4.84. The van der Waals surface area contributed by atoms with Gasteiger partial charge < -0.3 is 11.1 Å². The fourth-order valence-electron chi connectivity index (χ4n) is 1.29. The van der Waals surface area contributed by atoms with Crippen molar-refractivity contribution in [1.29, 1.82) is 5.41 Å². The predicted octanol–water partition coefficient (Wildman–Crippen LogP) is 2.10. The molecule has 0 atom stereocenters. The Labute approximate surface area is 84.8 Å². The van der Waals surface area contributed by atoms with Crippen molar-refractivity contribution in [3.05, 3.63) is 29.3 Å². The molecule has 0 saturated carbocycles. The van der Waals surface area contributed by atoms with E-state index in [0.29, 0.717) is 0 Å². The molecule has 76 valence electrons. The molecular weight excluding hydrogens is 174 g/mol. The van der Waals surface area contributed by atoms with Crippen LogP contribution in [-0.4, -0.2) is 12.4 Å². The highest BCUT2D eigenvalue weighted by Gasteiger charge is 2.00. The molecule has 0 aromatic heterocycles. The van der Waals surface area contributed by atoms with Crippen molar-refractivity contribution in [3.63, 3.8) is 0 Å². The number of rotatable bonds is 4. The number of nitrogen functional groups attached to an aromatic ring is 1. The van der Waals surface area contributed by atoms with Crippen LogP contribution in [0.25, 0.3) is 0 Å². The van der Waals surface area contributed by atoms with Gasteiger partial charge in [0.2, 0.25) is 0 Å². The minimum Gasteiger partial charge on any atom is -0.385 e. The van der Waals surface area contributed by atoms with Crippen LogP contribution in [0.3, 0.4) is 0 Å². The van der Waals surface area contributed by atoms with Crippen LogP contribution in [0.1, 0.15) is 24.5 Å². The SMILES string of the molecule is CCCNc1ccc(C(=N)N)cc1C. The zero-order chi connectivity index (χ0) is 10.6. The molecule has 1 aromatic rings. The molecule has 0 unspecified atom stereocenters. The van der Waals surface area contributed by atoms with E-state index in [2.05, 4.69) is 12.2 Å². The summed E-state index contributed by atoms with van der Waals surface area (Å²) in [5.41, 5.74) is 8.43. The predicted molar refractivity (Wildman–Crippen MR) is 61.0 cm³/mol. The van der Waals surface area contributed by atoms with Gasteiger partial charge in [-0.3, -0.25) is 5.41 Å². The van der Waals surface area contributed by atoms with E-state index in [1.807, 2.05) is 25.1 Å². The first-order chi connectivity index (χ1) is 6.65. The third-order valence-electron chi connectivity index (χ3n) is 2.10. The second-order valence-corrected chi connectivity index (χ2v) is 3.37. The lowest BCUT2D eigenvalue weighted by Gasteiger charge is -2.09. The summed E-state index contributed by atoms with van der Waals surface area (Å²) < 4.78 is 0. The quantitative estimate of drug-likeness (QED) is 0.504. The Kier molecular flexibility index (Phi) is 3.51. The maximum Gasteiger partial charge on any atom is 0.122 e. The number of amidine groups is 1. The van der Waals surface area contributed by atoms with Crippen molar-refractivity contribution in [2.24, 2.45) is 5.73 Å². The second kappa shape index (κ2) is 4.65. The Bertz CT molecular complexity index is 331. The zero-order valence-electron chi connectivity index (χ0n) is 8.72.